The van der Waals surface area contributed by atoms with Gasteiger partial charge in [-0.05, 0) is 0 Å². The number of carboxylic acid groups (broad SMARTS) is 2. The van der Waals surface area contributed by atoms with Gasteiger partial charge in [0.05, 0.1) is 19.8 Å². The lowest BCUT2D eigenvalue weighted by Gasteiger charge is -2.48. The summed E-state index contributed by atoms with van der Waals surface area (Å²) in [6, 6.07) is 0. The molecular weight excluding hydrogens is 694 g/mol. The highest BCUT2D eigenvalue weighted by Crippen LogP contribution is 2.34. The van der Waals surface area contributed by atoms with E-state index in [0.717, 1.165) is 0 Å². The molecule has 50 heavy (non-hydrogen) atoms. The second-order valence-electron chi connectivity index (χ2n) is 11.9. The van der Waals surface area contributed by atoms with Crippen molar-refractivity contribution in [2.24, 2.45) is 5.73 Å². The maximum absolute atomic E-state index is 11.9. The number of aliphatic carboxylic acids is 2. The lowest BCUT2D eigenvalue weighted by atomic mass is 9.95. The first-order chi connectivity index (χ1) is 23.6. The van der Waals surface area contributed by atoms with E-state index in [4.69, 9.17) is 43.6 Å². The largest absolute Gasteiger partial charge is 0.479 e. The SMILES string of the molecule is NCCO[C@H]1C(O[C@H]2[C@H](O)[C@@H](O)C(O[C@H]3[C@H](O)[C@@H](C(=O)O)OC(O[C@H]4[C@H](O)[C@@H](O)C(O)O[C@@H]4CO)[C@@H]3O)O[C@@H]2CO)O[C@H](C(=O)O)[C@@H](O)[C@@H]1O. The number of carboxylic acids is 2. The summed E-state index contributed by atoms with van der Waals surface area (Å²) in [4.78, 5) is 23.6. The van der Waals surface area contributed by atoms with Crippen LogP contribution >= 0.6 is 0 Å². The predicted octanol–water partition coefficient (Wildman–Crippen LogP) is -9.58. The number of hydrogen-bond donors (Lipinski definition) is 14. The average molecular weight is 738 g/mol. The molecule has 4 fully saturated rings. The van der Waals surface area contributed by atoms with Crippen LogP contribution in [0.2, 0.25) is 0 Å². The minimum Gasteiger partial charge on any atom is -0.479 e. The summed E-state index contributed by atoms with van der Waals surface area (Å²) in [5.41, 5.74) is 5.42. The fraction of sp³-hybridized carbons (Fsp3) is 0.923. The molecule has 15 N–H and O–H groups in total. The van der Waals surface area contributed by atoms with Crippen LogP contribution in [0.5, 0.6) is 0 Å². The van der Waals surface area contributed by atoms with Crippen molar-refractivity contribution in [3.05, 3.63) is 0 Å². The van der Waals surface area contributed by atoms with Crippen LogP contribution in [0.4, 0.5) is 0 Å². The van der Waals surface area contributed by atoms with Crippen LogP contribution in [0.25, 0.3) is 0 Å². The molecule has 4 rings (SSSR count). The van der Waals surface area contributed by atoms with Crippen molar-refractivity contribution in [2.75, 3.05) is 26.4 Å². The number of carbonyl (C=O) groups is 2. The van der Waals surface area contributed by atoms with E-state index in [1.54, 1.807) is 0 Å². The summed E-state index contributed by atoms with van der Waals surface area (Å²) < 4.78 is 42.8. The van der Waals surface area contributed by atoms with Crippen LogP contribution in [0.3, 0.4) is 0 Å². The Morgan fingerprint density at radius 3 is 1.54 bits per heavy atom. The van der Waals surface area contributed by atoms with Crippen LogP contribution in [-0.2, 0) is 47.5 Å². The van der Waals surface area contributed by atoms with Gasteiger partial charge in [0.25, 0.3) is 0 Å². The van der Waals surface area contributed by atoms with Crippen LogP contribution in [0, 0.1) is 0 Å². The molecule has 4 heterocycles. The Kier molecular flexibility index (Phi) is 14.2. The zero-order valence-corrected chi connectivity index (χ0v) is 25.8. The fourth-order valence-corrected chi connectivity index (χ4v) is 5.88. The highest BCUT2D eigenvalue weighted by atomic mass is 16.8. The quantitative estimate of drug-likeness (QED) is 0.0834. The Balaban J connectivity index is 1.53. The first kappa shape index (κ1) is 40.9. The second kappa shape index (κ2) is 17.3. The monoisotopic (exact) mass is 737 g/mol. The van der Waals surface area contributed by atoms with Gasteiger partial charge in [0.2, 0.25) is 0 Å². The number of rotatable bonds is 13. The third-order valence-electron chi connectivity index (χ3n) is 8.54. The minimum absolute atomic E-state index is 0.0960. The van der Waals surface area contributed by atoms with E-state index >= 15 is 0 Å². The molecule has 4 unspecified atom stereocenters. The van der Waals surface area contributed by atoms with Crippen LogP contribution < -0.4 is 5.73 Å². The number of aliphatic hydroxyl groups excluding tert-OH is 11. The van der Waals surface area contributed by atoms with Crippen LogP contribution in [0.1, 0.15) is 0 Å². The van der Waals surface area contributed by atoms with Gasteiger partial charge in [-0.15, -0.1) is 0 Å². The van der Waals surface area contributed by atoms with Crippen molar-refractivity contribution in [2.45, 2.75) is 123 Å². The molecule has 0 aromatic rings. The van der Waals surface area contributed by atoms with E-state index in [2.05, 4.69) is 0 Å². The van der Waals surface area contributed by atoms with Gasteiger partial charge in [-0.25, -0.2) is 9.59 Å². The number of hydrogen-bond acceptors (Lipinski definition) is 22. The Hall–Kier alpha value is -1.86. The number of aliphatic hydroxyl groups is 11. The number of nitrogens with two attached hydrogens (primary N) is 1. The Bertz CT molecular complexity index is 1120. The highest BCUT2D eigenvalue weighted by molar-refractivity contribution is 5.73. The third kappa shape index (κ3) is 8.35. The van der Waals surface area contributed by atoms with Gasteiger partial charge in [0, 0.05) is 6.54 Å². The van der Waals surface area contributed by atoms with E-state index in [-0.39, 0.29) is 13.2 Å². The van der Waals surface area contributed by atoms with E-state index in [9.17, 15) is 76.0 Å². The molecule has 24 heteroatoms. The molecule has 0 aromatic heterocycles. The van der Waals surface area contributed by atoms with Gasteiger partial charge in [-0.2, -0.15) is 0 Å². The first-order valence-electron chi connectivity index (χ1n) is 15.3. The predicted molar refractivity (Wildman–Crippen MR) is 148 cm³/mol. The summed E-state index contributed by atoms with van der Waals surface area (Å²) in [6.45, 7) is -2.26. The van der Waals surface area contributed by atoms with Crippen molar-refractivity contribution in [1.29, 1.82) is 0 Å². The Labute approximate surface area is 281 Å². The Morgan fingerprint density at radius 2 is 0.980 bits per heavy atom. The molecule has 0 aromatic carbocycles. The van der Waals surface area contributed by atoms with Crippen molar-refractivity contribution in [3.63, 3.8) is 0 Å². The van der Waals surface area contributed by atoms with E-state index in [1.807, 2.05) is 0 Å². The van der Waals surface area contributed by atoms with Crippen molar-refractivity contribution >= 4 is 11.9 Å². The molecule has 4 saturated heterocycles. The van der Waals surface area contributed by atoms with Gasteiger partial charge < -0.3 is 110 Å². The molecule has 0 bridgehead atoms. The molecule has 0 amide bonds. The summed E-state index contributed by atoms with van der Waals surface area (Å²) in [5.74, 6) is -3.53. The zero-order valence-electron chi connectivity index (χ0n) is 25.8. The maximum Gasteiger partial charge on any atom is 0.335 e. The molecule has 0 spiro atoms. The van der Waals surface area contributed by atoms with E-state index in [0.29, 0.717) is 0 Å². The molecule has 4 aliphatic heterocycles. The molecule has 24 nitrogen and oxygen atoms in total. The van der Waals surface area contributed by atoms with Crippen LogP contribution in [-0.4, -0.2) is 228 Å². The zero-order chi connectivity index (χ0) is 37.2. The standard InChI is InChI=1S/C26H43NO23/c27-1-2-43-20-8(31)7(30)18(21(38)39)50-26(20)47-16-6(4-29)45-24(12(35)10(16)33)48-17-13(36)19(22(40)41)49-25(14(17)37)46-15-5(3-28)44-23(42)11(34)9(15)32/h5-20,23-26,28-37,42H,1-4,27H2,(H,38,39)(H,40,41)/t5-,6-,7+,8+,9-,10-,11-,12-,13+,14-,15-,16-,17+,18+,19+,20-,23?,24?,25?,26?/m1/s1. The summed E-state index contributed by atoms with van der Waals surface area (Å²) in [7, 11) is 0. The second-order valence-corrected chi connectivity index (χ2v) is 11.9. The van der Waals surface area contributed by atoms with Crippen molar-refractivity contribution in [1.82, 2.24) is 0 Å². The third-order valence-corrected chi connectivity index (χ3v) is 8.54. The summed E-state index contributed by atoms with van der Waals surface area (Å²) in [5, 5.41) is 134. The maximum atomic E-state index is 11.9. The molecule has 20 atom stereocenters. The van der Waals surface area contributed by atoms with E-state index in [1.165, 1.54) is 0 Å². The topological polar surface area (TPSA) is 397 Å². The summed E-state index contributed by atoms with van der Waals surface area (Å²) >= 11 is 0. The van der Waals surface area contributed by atoms with Gasteiger partial charge in [-0.1, -0.05) is 0 Å². The molecule has 0 radical (unpaired) electrons. The van der Waals surface area contributed by atoms with Gasteiger partial charge in [0.15, 0.2) is 37.4 Å². The smallest absolute Gasteiger partial charge is 0.335 e. The van der Waals surface area contributed by atoms with Crippen LogP contribution in [0.15, 0.2) is 0 Å². The summed E-state index contributed by atoms with van der Waals surface area (Å²) in [6.07, 6.45) is -39.5. The molecule has 290 valence electrons. The number of ether oxygens (including phenoxy) is 8. The minimum atomic E-state index is -2.25. The first-order valence-corrected chi connectivity index (χ1v) is 15.3. The van der Waals surface area contributed by atoms with Crippen molar-refractivity contribution in [3.8, 4) is 0 Å². The molecule has 0 saturated carbocycles. The average Bonchev–Trinajstić information content (AvgIpc) is 3.07. The van der Waals surface area contributed by atoms with Crippen molar-refractivity contribution < 1.29 is 114 Å². The van der Waals surface area contributed by atoms with Gasteiger partial charge >= 0.3 is 11.9 Å². The molecular formula is C26H43NO23. The molecule has 0 aliphatic carbocycles. The lowest BCUT2D eigenvalue weighted by molar-refractivity contribution is -0.385. The Morgan fingerprint density at radius 1 is 0.520 bits per heavy atom. The fourth-order valence-electron chi connectivity index (χ4n) is 5.88. The molecule has 4 aliphatic rings. The lowest BCUT2D eigenvalue weighted by Crippen LogP contribution is -2.68. The van der Waals surface area contributed by atoms with Gasteiger partial charge in [0.1, 0.15) is 85.5 Å². The normalized spacial score (nSPS) is 48.6. The van der Waals surface area contributed by atoms with E-state index < -0.39 is 148 Å². The van der Waals surface area contributed by atoms with Gasteiger partial charge in [-0.3, -0.25) is 0 Å². The highest BCUT2D eigenvalue weighted by Gasteiger charge is 2.57.